The predicted octanol–water partition coefficient (Wildman–Crippen LogP) is 4.39. The van der Waals surface area contributed by atoms with E-state index in [-0.39, 0.29) is 4.75 Å². The summed E-state index contributed by atoms with van der Waals surface area (Å²) in [5.41, 5.74) is 4.38. The number of hydrogen-bond donors (Lipinski definition) is 2. The molecule has 0 radical (unpaired) electrons. The lowest BCUT2D eigenvalue weighted by Gasteiger charge is -2.31. The van der Waals surface area contributed by atoms with Crippen molar-refractivity contribution >= 4 is 17.6 Å². The Balaban J connectivity index is 0.000000413. The average molecular weight is 352 g/mol. The third kappa shape index (κ3) is 8.41. The van der Waals surface area contributed by atoms with E-state index in [0.29, 0.717) is 0 Å². The van der Waals surface area contributed by atoms with E-state index in [1.54, 1.807) is 0 Å². The van der Waals surface area contributed by atoms with Gasteiger partial charge >= 0.3 is 0 Å². The molecule has 0 spiro atoms. The van der Waals surface area contributed by atoms with E-state index in [0.717, 1.165) is 32.1 Å². The first-order chi connectivity index (χ1) is 11.2. The summed E-state index contributed by atoms with van der Waals surface area (Å²) < 4.78 is 0.236. The van der Waals surface area contributed by atoms with Gasteiger partial charge in [-0.3, -0.25) is 5.14 Å². The zero-order chi connectivity index (χ0) is 18.2. The average Bonchev–Trinajstić information content (AvgIpc) is 2.54. The number of benzene rings is 1. The van der Waals surface area contributed by atoms with E-state index in [1.165, 1.54) is 41.6 Å². The Morgan fingerprint density at radius 2 is 1.79 bits per heavy atom. The third-order valence-corrected chi connectivity index (χ3v) is 4.74. The van der Waals surface area contributed by atoms with Crippen LogP contribution in [0.4, 0.5) is 5.69 Å². The lowest BCUT2D eigenvalue weighted by molar-refractivity contribution is 0.574. The summed E-state index contributed by atoms with van der Waals surface area (Å²) in [6.45, 7) is 17.5. The Morgan fingerprint density at radius 1 is 1.21 bits per heavy atom. The highest BCUT2D eigenvalue weighted by atomic mass is 32.2. The lowest BCUT2D eigenvalue weighted by Crippen LogP contribution is -2.43. The van der Waals surface area contributed by atoms with E-state index in [9.17, 15) is 0 Å². The van der Waals surface area contributed by atoms with Crippen molar-refractivity contribution in [2.24, 2.45) is 11.1 Å². The summed E-state index contributed by atoms with van der Waals surface area (Å²) in [7, 11) is 0. The van der Waals surface area contributed by atoms with E-state index >= 15 is 0 Å². The molecule has 0 aromatic heterocycles. The summed E-state index contributed by atoms with van der Waals surface area (Å²) in [5.74, 6) is 0.779. The molecule has 1 aliphatic rings. The van der Waals surface area contributed by atoms with Crippen molar-refractivity contribution in [2.75, 3.05) is 31.1 Å². The molecular formula is C20H37N3S. The van der Waals surface area contributed by atoms with Crippen LogP contribution in [0.1, 0.15) is 52.2 Å². The van der Waals surface area contributed by atoms with Crippen LogP contribution in [0.15, 0.2) is 18.2 Å². The van der Waals surface area contributed by atoms with Gasteiger partial charge in [-0.15, -0.1) is 0 Å². The van der Waals surface area contributed by atoms with E-state index in [2.05, 4.69) is 70.0 Å². The molecule has 1 aromatic rings. The summed E-state index contributed by atoms with van der Waals surface area (Å²) in [6, 6.07) is 6.94. The van der Waals surface area contributed by atoms with Gasteiger partial charge in [-0.05, 0) is 58.1 Å². The monoisotopic (exact) mass is 351 g/mol. The Labute approximate surface area is 153 Å². The van der Waals surface area contributed by atoms with Gasteiger partial charge in [0.25, 0.3) is 0 Å². The van der Waals surface area contributed by atoms with Gasteiger partial charge in [-0.2, -0.15) is 0 Å². The third-order valence-electron chi connectivity index (χ3n) is 4.04. The van der Waals surface area contributed by atoms with Crippen LogP contribution in [-0.2, 0) is 6.42 Å². The minimum Gasteiger partial charge on any atom is -0.369 e. The largest absolute Gasteiger partial charge is 0.369 e. The smallest absolute Gasteiger partial charge is 0.0399 e. The van der Waals surface area contributed by atoms with Crippen molar-refractivity contribution in [2.45, 2.75) is 59.1 Å². The van der Waals surface area contributed by atoms with Crippen LogP contribution < -0.4 is 15.4 Å². The maximum absolute atomic E-state index is 5.22. The van der Waals surface area contributed by atoms with Crippen molar-refractivity contribution in [3.8, 4) is 0 Å². The van der Waals surface area contributed by atoms with Gasteiger partial charge in [0.15, 0.2) is 0 Å². The number of hydrogen-bond acceptors (Lipinski definition) is 4. The number of rotatable bonds is 4. The van der Waals surface area contributed by atoms with Crippen molar-refractivity contribution in [3.63, 3.8) is 0 Å². The minimum absolute atomic E-state index is 0.236. The molecule has 1 aromatic carbocycles. The van der Waals surface area contributed by atoms with Gasteiger partial charge < -0.3 is 10.2 Å². The Morgan fingerprint density at radius 3 is 2.29 bits per heavy atom. The molecule has 4 heteroatoms. The van der Waals surface area contributed by atoms with Crippen LogP contribution >= 0.6 is 11.9 Å². The summed E-state index contributed by atoms with van der Waals surface area (Å²) in [4.78, 5) is 2.53. The molecule has 0 amide bonds. The zero-order valence-corrected chi connectivity index (χ0v) is 17.3. The SMILES string of the molecule is CC(C)(C)SN.Cc1ccc(N2CCNCC2)c(CCC(C)C)c1. The van der Waals surface area contributed by atoms with Crippen molar-refractivity contribution in [1.82, 2.24) is 5.32 Å². The number of aryl methyl sites for hydroxylation is 2. The van der Waals surface area contributed by atoms with Crippen LogP contribution in [0.3, 0.4) is 0 Å². The molecule has 1 heterocycles. The highest BCUT2D eigenvalue weighted by molar-refractivity contribution is 7.98. The molecule has 3 N–H and O–H groups in total. The molecule has 0 saturated carbocycles. The molecule has 24 heavy (non-hydrogen) atoms. The zero-order valence-electron chi connectivity index (χ0n) is 16.5. The second-order valence-corrected chi connectivity index (χ2v) is 9.49. The molecule has 1 fully saturated rings. The maximum atomic E-state index is 5.22. The Kier molecular flexibility index (Phi) is 9.17. The molecular weight excluding hydrogens is 314 g/mol. The minimum atomic E-state index is 0.236. The van der Waals surface area contributed by atoms with E-state index < -0.39 is 0 Å². The van der Waals surface area contributed by atoms with Crippen LogP contribution in [0.2, 0.25) is 0 Å². The lowest BCUT2D eigenvalue weighted by atomic mass is 9.99. The topological polar surface area (TPSA) is 41.3 Å². The summed E-state index contributed by atoms with van der Waals surface area (Å²) in [6.07, 6.45) is 2.49. The van der Waals surface area contributed by atoms with Gasteiger partial charge in [0, 0.05) is 36.6 Å². The molecule has 138 valence electrons. The quantitative estimate of drug-likeness (QED) is 0.790. The molecule has 0 bridgehead atoms. The van der Waals surface area contributed by atoms with Crippen LogP contribution in [0, 0.1) is 12.8 Å². The number of nitrogens with zero attached hydrogens (tertiary/aromatic N) is 1. The van der Waals surface area contributed by atoms with Crippen molar-refractivity contribution in [3.05, 3.63) is 29.3 Å². The molecule has 0 unspecified atom stereocenters. The summed E-state index contributed by atoms with van der Waals surface area (Å²) in [5, 5.41) is 8.65. The highest BCUT2D eigenvalue weighted by Crippen LogP contribution is 2.25. The van der Waals surface area contributed by atoms with Crippen LogP contribution in [-0.4, -0.2) is 30.9 Å². The second-order valence-electron chi connectivity index (χ2n) is 8.03. The van der Waals surface area contributed by atoms with Gasteiger partial charge in [0.2, 0.25) is 0 Å². The van der Waals surface area contributed by atoms with Crippen LogP contribution in [0.25, 0.3) is 0 Å². The normalized spacial score (nSPS) is 15.2. The first-order valence-corrected chi connectivity index (χ1v) is 10.0. The fourth-order valence-corrected chi connectivity index (χ4v) is 2.57. The van der Waals surface area contributed by atoms with Gasteiger partial charge in [0.05, 0.1) is 0 Å². The predicted molar refractivity (Wildman–Crippen MR) is 111 cm³/mol. The van der Waals surface area contributed by atoms with Crippen LogP contribution in [0.5, 0.6) is 0 Å². The molecule has 2 rings (SSSR count). The first-order valence-electron chi connectivity index (χ1n) is 9.16. The molecule has 3 nitrogen and oxygen atoms in total. The van der Waals surface area contributed by atoms with Gasteiger partial charge in [-0.1, -0.05) is 43.5 Å². The molecule has 1 aliphatic heterocycles. The number of anilines is 1. The standard InChI is InChI=1S/C16H26N2.C4H11NS/c1-13(2)4-6-15-12-14(3)5-7-16(15)18-10-8-17-9-11-18;1-4(2,3)6-5/h5,7,12-13,17H,4,6,8-11H2,1-3H3;5H2,1-3H3. The molecule has 1 saturated heterocycles. The van der Waals surface area contributed by atoms with E-state index in [1.807, 2.05) is 0 Å². The molecule has 0 atom stereocenters. The van der Waals surface area contributed by atoms with Crippen molar-refractivity contribution < 1.29 is 0 Å². The highest BCUT2D eigenvalue weighted by Gasteiger charge is 2.14. The fourth-order valence-electron chi connectivity index (χ4n) is 2.57. The van der Waals surface area contributed by atoms with Gasteiger partial charge in [-0.25, -0.2) is 0 Å². The second kappa shape index (κ2) is 10.3. The van der Waals surface area contributed by atoms with E-state index in [4.69, 9.17) is 5.14 Å². The Bertz CT molecular complexity index is 474. The Hall–Kier alpha value is -0.710. The van der Waals surface area contributed by atoms with Gasteiger partial charge in [0.1, 0.15) is 0 Å². The molecule has 0 aliphatic carbocycles. The maximum Gasteiger partial charge on any atom is 0.0399 e. The first kappa shape index (κ1) is 21.3. The summed E-state index contributed by atoms with van der Waals surface area (Å²) >= 11 is 1.38. The number of nitrogens with one attached hydrogen (secondary N) is 1. The number of piperazine rings is 1. The fraction of sp³-hybridized carbons (Fsp3) is 0.700. The van der Waals surface area contributed by atoms with Crippen molar-refractivity contribution in [1.29, 1.82) is 0 Å². The number of nitrogens with two attached hydrogens (primary N) is 1.